The smallest absolute Gasteiger partial charge is 0.307 e. The first-order valence-corrected chi connectivity index (χ1v) is 7.49. The molecular formula is C17H21NO3. The van der Waals surface area contributed by atoms with Crippen LogP contribution in [0, 0.1) is 0 Å². The first-order chi connectivity index (χ1) is 10.2. The summed E-state index contributed by atoms with van der Waals surface area (Å²) in [5.41, 5.74) is 2.60. The van der Waals surface area contributed by atoms with Gasteiger partial charge in [0.2, 0.25) is 0 Å². The first kappa shape index (κ1) is 14.3. The molecule has 1 aromatic carbocycles. The highest BCUT2D eigenvalue weighted by atomic mass is 16.5. The van der Waals surface area contributed by atoms with E-state index < -0.39 is 5.97 Å². The van der Waals surface area contributed by atoms with Crippen molar-refractivity contribution < 1.29 is 14.6 Å². The topological polar surface area (TPSA) is 49.8 Å². The van der Waals surface area contributed by atoms with Crippen LogP contribution in [-0.4, -0.2) is 41.3 Å². The van der Waals surface area contributed by atoms with Gasteiger partial charge in [0.1, 0.15) is 0 Å². The highest BCUT2D eigenvalue weighted by Gasteiger charge is 2.36. The molecule has 0 aliphatic carbocycles. The van der Waals surface area contributed by atoms with Gasteiger partial charge in [0.25, 0.3) is 0 Å². The van der Waals surface area contributed by atoms with Gasteiger partial charge in [0, 0.05) is 18.6 Å². The molecule has 3 rings (SSSR count). The van der Waals surface area contributed by atoms with Crippen molar-refractivity contribution in [1.82, 2.24) is 4.90 Å². The minimum atomic E-state index is -0.754. The van der Waals surface area contributed by atoms with E-state index in [4.69, 9.17) is 9.84 Å². The van der Waals surface area contributed by atoms with Crippen molar-refractivity contribution in [3.05, 3.63) is 47.5 Å². The Kier molecular flexibility index (Phi) is 4.36. The van der Waals surface area contributed by atoms with Crippen LogP contribution in [0.2, 0.25) is 0 Å². The minimum Gasteiger partial charge on any atom is -0.481 e. The molecule has 112 valence electrons. The number of carboxylic acids is 1. The Hall–Kier alpha value is -1.65. The molecule has 0 amide bonds. The number of carboxylic acid groups (broad SMARTS) is 1. The summed E-state index contributed by atoms with van der Waals surface area (Å²) in [6.45, 7) is 2.44. The summed E-state index contributed by atoms with van der Waals surface area (Å²) in [5, 5.41) is 8.81. The van der Waals surface area contributed by atoms with Crippen molar-refractivity contribution in [3.8, 4) is 0 Å². The fraction of sp³-hybridized carbons (Fsp3) is 0.471. The molecule has 2 fully saturated rings. The Labute approximate surface area is 125 Å². The number of carbonyl (C=O) groups is 1. The number of ether oxygens (including phenoxy) is 1. The van der Waals surface area contributed by atoms with Gasteiger partial charge in [0.05, 0.1) is 19.6 Å². The highest BCUT2D eigenvalue weighted by molar-refractivity contribution is 5.68. The van der Waals surface area contributed by atoms with Crippen molar-refractivity contribution in [2.45, 2.75) is 37.9 Å². The predicted molar refractivity (Wildman–Crippen MR) is 79.9 cm³/mol. The lowest BCUT2D eigenvalue weighted by atomic mass is 9.88. The molecule has 0 saturated carbocycles. The van der Waals surface area contributed by atoms with Crippen LogP contribution < -0.4 is 0 Å². The van der Waals surface area contributed by atoms with Gasteiger partial charge < -0.3 is 9.84 Å². The molecule has 2 unspecified atom stereocenters. The molecule has 1 N–H and O–H groups in total. The number of piperidine rings is 1. The zero-order valence-corrected chi connectivity index (χ0v) is 12.1. The van der Waals surface area contributed by atoms with Crippen LogP contribution in [0.1, 0.15) is 24.8 Å². The van der Waals surface area contributed by atoms with Crippen LogP contribution in [-0.2, 0) is 16.1 Å². The fourth-order valence-corrected chi connectivity index (χ4v) is 3.32. The second kappa shape index (κ2) is 6.41. The number of morpholine rings is 1. The van der Waals surface area contributed by atoms with Crippen molar-refractivity contribution in [1.29, 1.82) is 0 Å². The number of hydrogen-bond acceptors (Lipinski definition) is 3. The van der Waals surface area contributed by atoms with E-state index in [1.165, 1.54) is 11.1 Å². The molecule has 21 heavy (non-hydrogen) atoms. The highest BCUT2D eigenvalue weighted by Crippen LogP contribution is 2.32. The molecule has 1 aromatic rings. The molecule has 0 radical (unpaired) electrons. The number of hydrogen-bond donors (Lipinski definition) is 1. The van der Waals surface area contributed by atoms with E-state index in [1.54, 1.807) is 0 Å². The Morgan fingerprint density at radius 2 is 1.90 bits per heavy atom. The van der Waals surface area contributed by atoms with Gasteiger partial charge in [-0.15, -0.1) is 0 Å². The summed E-state index contributed by atoms with van der Waals surface area (Å²) in [5.74, 6) is -0.754. The average Bonchev–Trinajstić information content (AvgIpc) is 2.46. The van der Waals surface area contributed by atoms with Gasteiger partial charge in [0.15, 0.2) is 0 Å². The third-order valence-electron chi connectivity index (χ3n) is 4.33. The largest absolute Gasteiger partial charge is 0.481 e. The van der Waals surface area contributed by atoms with E-state index in [0.29, 0.717) is 12.1 Å². The van der Waals surface area contributed by atoms with Crippen LogP contribution in [0.4, 0.5) is 0 Å². The first-order valence-electron chi connectivity index (χ1n) is 7.49. The fourth-order valence-electron chi connectivity index (χ4n) is 3.32. The quantitative estimate of drug-likeness (QED) is 0.864. The number of aliphatic carboxylic acids is 1. The molecule has 0 aromatic heterocycles. The third kappa shape index (κ3) is 3.52. The Morgan fingerprint density at radius 1 is 1.24 bits per heavy atom. The second-order valence-corrected chi connectivity index (χ2v) is 5.87. The Balaban J connectivity index is 1.70. The van der Waals surface area contributed by atoms with Gasteiger partial charge in [-0.25, -0.2) is 0 Å². The van der Waals surface area contributed by atoms with E-state index in [0.717, 1.165) is 32.6 Å². The van der Waals surface area contributed by atoms with E-state index in [-0.39, 0.29) is 6.42 Å². The lowest BCUT2D eigenvalue weighted by molar-refractivity contribution is -0.136. The average molecular weight is 287 g/mol. The third-order valence-corrected chi connectivity index (χ3v) is 4.33. The summed E-state index contributed by atoms with van der Waals surface area (Å²) in [4.78, 5) is 13.2. The SMILES string of the molecule is O=C(O)CC=C1CC2COCC(C1)N2Cc1ccccc1. The maximum atomic E-state index is 10.7. The van der Waals surface area contributed by atoms with Gasteiger partial charge >= 0.3 is 5.97 Å². The molecule has 2 atom stereocenters. The lowest BCUT2D eigenvalue weighted by Gasteiger charge is -2.46. The van der Waals surface area contributed by atoms with Gasteiger partial charge in [-0.05, 0) is 18.4 Å². The van der Waals surface area contributed by atoms with Crippen molar-refractivity contribution in [2.75, 3.05) is 13.2 Å². The maximum Gasteiger partial charge on any atom is 0.307 e. The maximum absolute atomic E-state index is 10.7. The predicted octanol–water partition coefficient (Wildman–Crippen LogP) is 2.45. The zero-order chi connectivity index (χ0) is 14.7. The molecule has 2 heterocycles. The molecule has 0 spiro atoms. The van der Waals surface area contributed by atoms with Gasteiger partial charge in [-0.3, -0.25) is 9.69 Å². The van der Waals surface area contributed by atoms with Crippen LogP contribution in [0.25, 0.3) is 0 Å². The van der Waals surface area contributed by atoms with Crippen LogP contribution in [0.3, 0.4) is 0 Å². The van der Waals surface area contributed by atoms with E-state index >= 15 is 0 Å². The number of benzene rings is 1. The number of rotatable bonds is 4. The van der Waals surface area contributed by atoms with Crippen molar-refractivity contribution in [3.63, 3.8) is 0 Å². The molecular weight excluding hydrogens is 266 g/mol. The summed E-state index contributed by atoms with van der Waals surface area (Å²) in [7, 11) is 0. The van der Waals surface area contributed by atoms with E-state index in [1.807, 2.05) is 12.1 Å². The summed E-state index contributed by atoms with van der Waals surface area (Å²) in [6, 6.07) is 11.2. The second-order valence-electron chi connectivity index (χ2n) is 5.87. The Morgan fingerprint density at radius 3 is 2.52 bits per heavy atom. The molecule has 2 aliphatic rings. The Bertz CT molecular complexity index is 510. The molecule has 2 aliphatic heterocycles. The van der Waals surface area contributed by atoms with Gasteiger partial charge in [-0.2, -0.15) is 0 Å². The van der Waals surface area contributed by atoms with Crippen molar-refractivity contribution in [2.24, 2.45) is 0 Å². The monoisotopic (exact) mass is 287 g/mol. The summed E-state index contributed by atoms with van der Waals surface area (Å²) >= 11 is 0. The molecule has 2 saturated heterocycles. The van der Waals surface area contributed by atoms with Crippen LogP contribution in [0.15, 0.2) is 42.0 Å². The summed E-state index contributed by atoms with van der Waals surface area (Å²) in [6.07, 6.45) is 3.88. The normalized spacial score (nSPS) is 25.6. The lowest BCUT2D eigenvalue weighted by Crippen LogP contribution is -2.54. The van der Waals surface area contributed by atoms with Crippen LogP contribution in [0.5, 0.6) is 0 Å². The summed E-state index contributed by atoms with van der Waals surface area (Å²) < 4.78 is 5.69. The van der Waals surface area contributed by atoms with E-state index in [9.17, 15) is 4.79 Å². The number of fused-ring (bicyclic) bond motifs is 2. The zero-order valence-electron chi connectivity index (χ0n) is 12.1. The van der Waals surface area contributed by atoms with Gasteiger partial charge in [-0.1, -0.05) is 42.0 Å². The molecule has 4 heteroatoms. The number of nitrogens with zero attached hydrogens (tertiary/aromatic N) is 1. The minimum absolute atomic E-state index is 0.133. The van der Waals surface area contributed by atoms with Crippen LogP contribution >= 0.6 is 0 Å². The standard InChI is InChI=1S/C17H21NO3/c19-17(20)7-6-14-8-15-11-21-12-16(9-14)18(15)10-13-4-2-1-3-5-13/h1-6,15-16H,7-12H2,(H,19,20). The molecule has 4 nitrogen and oxygen atoms in total. The molecule has 2 bridgehead atoms. The van der Waals surface area contributed by atoms with Crippen molar-refractivity contribution >= 4 is 5.97 Å². The van der Waals surface area contributed by atoms with E-state index in [2.05, 4.69) is 29.2 Å².